The summed E-state index contributed by atoms with van der Waals surface area (Å²) in [4.78, 5) is 13.1. The van der Waals surface area contributed by atoms with Crippen molar-refractivity contribution in [3.05, 3.63) is 59.2 Å². The van der Waals surface area contributed by atoms with E-state index in [1.165, 1.54) is 15.4 Å². The molecule has 5 nitrogen and oxygen atoms in total. The smallest absolute Gasteiger partial charge is 0.243 e. The first-order valence-corrected chi connectivity index (χ1v) is 10.9. The molecule has 0 radical (unpaired) electrons. The molecule has 0 bridgehead atoms. The lowest BCUT2D eigenvalue weighted by molar-refractivity contribution is -0.119. The minimum absolute atomic E-state index is 0.241. The first-order valence-electron chi connectivity index (χ1n) is 9.46. The molecule has 1 unspecified atom stereocenters. The minimum atomic E-state index is -3.68. The van der Waals surface area contributed by atoms with Crippen LogP contribution in [-0.2, 0) is 27.7 Å². The summed E-state index contributed by atoms with van der Waals surface area (Å²) in [6.07, 6.45) is 4.51. The van der Waals surface area contributed by atoms with E-state index >= 15 is 0 Å². The van der Waals surface area contributed by atoms with Crippen LogP contribution >= 0.6 is 0 Å². The van der Waals surface area contributed by atoms with E-state index in [9.17, 15) is 13.2 Å². The first-order chi connectivity index (χ1) is 12.9. The van der Waals surface area contributed by atoms with Crippen LogP contribution in [0.4, 0.5) is 5.69 Å². The molecule has 6 heteroatoms. The summed E-state index contributed by atoms with van der Waals surface area (Å²) in [5, 5.41) is 2.93. The Labute approximate surface area is 160 Å². The zero-order valence-corrected chi connectivity index (χ0v) is 16.3. The third-order valence-corrected chi connectivity index (χ3v) is 7.42. The normalized spacial score (nSPS) is 19.8. The number of nitrogens with zero attached hydrogens (tertiary/aromatic N) is 1. The zero-order chi connectivity index (χ0) is 19.0. The van der Waals surface area contributed by atoms with E-state index in [4.69, 9.17) is 0 Å². The van der Waals surface area contributed by atoms with Crippen molar-refractivity contribution in [3.8, 4) is 0 Å². The highest BCUT2D eigenvalue weighted by Gasteiger charge is 2.39. The quantitative estimate of drug-likeness (QED) is 0.880. The summed E-state index contributed by atoms with van der Waals surface area (Å²) in [5.74, 6) is -0.249. The van der Waals surface area contributed by atoms with Gasteiger partial charge in [0.05, 0.1) is 4.90 Å². The molecule has 1 fully saturated rings. The van der Waals surface area contributed by atoms with E-state index in [0.29, 0.717) is 19.4 Å². The van der Waals surface area contributed by atoms with Gasteiger partial charge in [0.1, 0.15) is 6.04 Å². The van der Waals surface area contributed by atoms with Crippen LogP contribution in [0.1, 0.15) is 36.0 Å². The zero-order valence-electron chi connectivity index (χ0n) is 15.4. The molecule has 4 rings (SSSR count). The number of sulfonamides is 1. The van der Waals surface area contributed by atoms with Gasteiger partial charge in [0.15, 0.2) is 0 Å². The maximum Gasteiger partial charge on any atom is 0.243 e. The molecule has 2 aromatic rings. The van der Waals surface area contributed by atoms with Crippen molar-refractivity contribution in [1.29, 1.82) is 0 Å². The molecule has 1 heterocycles. The van der Waals surface area contributed by atoms with Crippen LogP contribution in [-0.4, -0.2) is 31.2 Å². The van der Waals surface area contributed by atoms with Gasteiger partial charge in [-0.3, -0.25) is 4.79 Å². The molecule has 1 saturated heterocycles. The van der Waals surface area contributed by atoms with Crippen molar-refractivity contribution in [1.82, 2.24) is 4.31 Å². The highest BCUT2D eigenvalue weighted by molar-refractivity contribution is 7.89. The molecule has 142 valence electrons. The number of carbonyl (C=O) groups is 1. The van der Waals surface area contributed by atoms with Gasteiger partial charge >= 0.3 is 0 Å². The maximum absolute atomic E-state index is 13.0. The van der Waals surface area contributed by atoms with E-state index in [-0.39, 0.29) is 10.8 Å². The molecule has 1 atom stereocenters. The van der Waals surface area contributed by atoms with E-state index in [1.54, 1.807) is 24.3 Å². The Morgan fingerprint density at radius 2 is 1.78 bits per heavy atom. The molecule has 27 heavy (non-hydrogen) atoms. The van der Waals surface area contributed by atoms with Gasteiger partial charge in [-0.05, 0) is 74.4 Å². The van der Waals surface area contributed by atoms with Crippen molar-refractivity contribution >= 4 is 21.6 Å². The third-order valence-electron chi connectivity index (χ3n) is 5.50. The van der Waals surface area contributed by atoms with Crippen LogP contribution < -0.4 is 5.32 Å². The highest BCUT2D eigenvalue weighted by Crippen LogP contribution is 2.29. The van der Waals surface area contributed by atoms with Gasteiger partial charge in [-0.15, -0.1) is 0 Å². The Morgan fingerprint density at radius 3 is 2.56 bits per heavy atom. The molecule has 1 amide bonds. The fourth-order valence-electron chi connectivity index (χ4n) is 4.01. The Kier molecular flexibility index (Phi) is 4.78. The number of hydrogen-bond acceptors (Lipinski definition) is 3. The molecule has 0 spiro atoms. The van der Waals surface area contributed by atoms with Crippen molar-refractivity contribution in [2.45, 2.75) is 50.0 Å². The van der Waals surface area contributed by atoms with Gasteiger partial charge in [-0.25, -0.2) is 8.42 Å². The number of hydrogen-bond donors (Lipinski definition) is 1. The lowest BCUT2D eigenvalue weighted by Gasteiger charge is -2.23. The summed E-state index contributed by atoms with van der Waals surface area (Å²) in [7, 11) is -3.68. The monoisotopic (exact) mass is 384 g/mol. The number of carbonyl (C=O) groups excluding carboxylic acids is 1. The summed E-state index contributed by atoms with van der Waals surface area (Å²) in [5.41, 5.74) is 4.38. The molecular weight excluding hydrogens is 360 g/mol. The van der Waals surface area contributed by atoms with E-state index < -0.39 is 16.1 Å². The molecule has 2 aliphatic rings. The van der Waals surface area contributed by atoms with Crippen molar-refractivity contribution in [2.24, 2.45) is 0 Å². The number of rotatable bonds is 4. The summed E-state index contributed by atoms with van der Waals surface area (Å²) in [6, 6.07) is 12.1. The van der Waals surface area contributed by atoms with Crippen LogP contribution in [0.3, 0.4) is 0 Å². The van der Waals surface area contributed by atoms with Crippen molar-refractivity contribution < 1.29 is 13.2 Å². The molecular formula is C21H24N2O3S. The van der Waals surface area contributed by atoms with E-state index in [0.717, 1.165) is 30.5 Å². The Hall–Kier alpha value is -2.18. The molecule has 0 saturated carbocycles. The third kappa shape index (κ3) is 3.51. The summed E-state index contributed by atoms with van der Waals surface area (Å²) < 4.78 is 27.4. The van der Waals surface area contributed by atoms with Gasteiger partial charge in [0, 0.05) is 12.2 Å². The van der Waals surface area contributed by atoms with Crippen molar-refractivity contribution in [3.63, 3.8) is 0 Å². The van der Waals surface area contributed by atoms with Gasteiger partial charge < -0.3 is 5.32 Å². The van der Waals surface area contributed by atoms with Gasteiger partial charge in [0.25, 0.3) is 0 Å². The SMILES string of the molecule is Cc1ccc(S(=O)(=O)N2CCCC2C(=O)Nc2ccc3c(c2)CCC3)cc1. The predicted octanol–water partition coefficient (Wildman–Crippen LogP) is 3.28. The van der Waals surface area contributed by atoms with Gasteiger partial charge in [-0.1, -0.05) is 23.8 Å². The molecule has 2 aromatic carbocycles. The predicted molar refractivity (Wildman–Crippen MR) is 105 cm³/mol. The molecule has 1 aliphatic heterocycles. The Balaban J connectivity index is 1.54. The van der Waals surface area contributed by atoms with Crippen LogP contribution in [0.25, 0.3) is 0 Å². The van der Waals surface area contributed by atoms with Crippen LogP contribution in [0.15, 0.2) is 47.4 Å². The molecule has 1 aliphatic carbocycles. The maximum atomic E-state index is 13.0. The van der Waals surface area contributed by atoms with Crippen LogP contribution in [0.2, 0.25) is 0 Å². The fraction of sp³-hybridized carbons (Fsp3) is 0.381. The Morgan fingerprint density at radius 1 is 1.04 bits per heavy atom. The van der Waals surface area contributed by atoms with E-state index in [2.05, 4.69) is 11.4 Å². The standard InChI is InChI=1S/C21H24N2O3S/c1-15-7-11-19(12-8-15)27(25,26)23-13-3-6-20(23)21(24)22-18-10-9-16-4-2-5-17(16)14-18/h7-12,14,20H,2-6,13H2,1H3,(H,22,24). The number of aryl methyl sites for hydroxylation is 3. The van der Waals surface area contributed by atoms with E-state index in [1.807, 2.05) is 19.1 Å². The second kappa shape index (κ2) is 7.09. The average Bonchev–Trinajstić information content (AvgIpc) is 3.31. The fourth-order valence-corrected chi connectivity index (χ4v) is 5.67. The first kappa shape index (κ1) is 18.2. The summed E-state index contributed by atoms with van der Waals surface area (Å²) in [6.45, 7) is 2.29. The largest absolute Gasteiger partial charge is 0.325 e. The number of nitrogens with one attached hydrogen (secondary N) is 1. The van der Waals surface area contributed by atoms with Gasteiger partial charge in [-0.2, -0.15) is 4.31 Å². The second-order valence-electron chi connectivity index (χ2n) is 7.41. The molecule has 0 aromatic heterocycles. The topological polar surface area (TPSA) is 66.5 Å². The average molecular weight is 385 g/mol. The lowest BCUT2D eigenvalue weighted by Crippen LogP contribution is -2.43. The van der Waals surface area contributed by atoms with Crippen LogP contribution in [0.5, 0.6) is 0 Å². The number of amides is 1. The highest BCUT2D eigenvalue weighted by atomic mass is 32.2. The van der Waals surface area contributed by atoms with Gasteiger partial charge in [0.2, 0.25) is 15.9 Å². The number of fused-ring (bicyclic) bond motifs is 1. The minimum Gasteiger partial charge on any atom is -0.325 e. The Bertz CT molecular complexity index is 967. The van der Waals surface area contributed by atoms with Crippen molar-refractivity contribution in [2.75, 3.05) is 11.9 Å². The molecule has 1 N–H and O–H groups in total. The number of anilines is 1. The summed E-state index contributed by atoms with van der Waals surface area (Å²) >= 11 is 0. The lowest BCUT2D eigenvalue weighted by atomic mass is 10.1. The van der Waals surface area contributed by atoms with Crippen LogP contribution in [0, 0.1) is 6.92 Å². The number of benzene rings is 2. The second-order valence-corrected chi connectivity index (χ2v) is 9.30.